The van der Waals surface area contributed by atoms with Crippen molar-refractivity contribution >= 4 is 0 Å². The number of hydrogen-bond donors (Lipinski definition) is 0. The van der Waals surface area contributed by atoms with E-state index in [9.17, 15) is 0 Å². The molecule has 0 aromatic carbocycles. The minimum absolute atomic E-state index is 0.657. The fourth-order valence-corrected chi connectivity index (χ4v) is 2.42. The van der Waals surface area contributed by atoms with Gasteiger partial charge in [-0.05, 0) is 30.1 Å². The molecule has 0 aliphatic heterocycles. The maximum atomic E-state index is 2.45. The van der Waals surface area contributed by atoms with Gasteiger partial charge in [-0.2, -0.15) is 0 Å². The molecule has 0 heterocycles. The second-order valence-electron chi connectivity index (χ2n) is 3.60. The Bertz CT molecular complexity index is 157. The highest BCUT2D eigenvalue weighted by atomic mass is 14.5. The normalized spacial score (nSPS) is 53.6. The first-order valence-electron chi connectivity index (χ1n) is 3.98. The Balaban J connectivity index is 2.23. The van der Waals surface area contributed by atoms with Crippen LogP contribution in [-0.4, -0.2) is 0 Å². The summed E-state index contributed by atoms with van der Waals surface area (Å²) >= 11 is 0. The van der Waals surface area contributed by atoms with Crippen LogP contribution < -0.4 is 0 Å². The van der Waals surface area contributed by atoms with Gasteiger partial charge >= 0.3 is 0 Å². The molecular weight excluding hydrogens is 108 g/mol. The SMILES string of the molecule is CCC12C=CC(C1)C2C. The Kier molecular flexibility index (Phi) is 0.870. The lowest BCUT2D eigenvalue weighted by Gasteiger charge is -2.45. The van der Waals surface area contributed by atoms with Crippen LogP contribution in [0.2, 0.25) is 0 Å². The van der Waals surface area contributed by atoms with Crippen molar-refractivity contribution in [2.75, 3.05) is 0 Å². The smallest absolute Gasteiger partial charge is 0.00838 e. The van der Waals surface area contributed by atoms with E-state index in [1.54, 1.807) is 0 Å². The Labute approximate surface area is 57.0 Å². The Morgan fingerprint density at radius 3 is 2.67 bits per heavy atom. The van der Waals surface area contributed by atoms with Crippen LogP contribution in [0.15, 0.2) is 12.2 Å². The molecule has 3 unspecified atom stereocenters. The van der Waals surface area contributed by atoms with Gasteiger partial charge in [-0.25, -0.2) is 0 Å². The zero-order chi connectivity index (χ0) is 6.48. The second-order valence-corrected chi connectivity index (χ2v) is 3.60. The van der Waals surface area contributed by atoms with E-state index in [1.165, 1.54) is 12.8 Å². The molecule has 0 nitrogen and oxygen atoms in total. The Morgan fingerprint density at radius 1 is 1.67 bits per heavy atom. The average molecular weight is 122 g/mol. The lowest BCUT2D eigenvalue weighted by Crippen LogP contribution is -2.38. The molecule has 0 spiro atoms. The predicted octanol–water partition coefficient (Wildman–Crippen LogP) is 2.61. The summed E-state index contributed by atoms with van der Waals surface area (Å²) in [6.07, 6.45) is 7.66. The van der Waals surface area contributed by atoms with E-state index in [-0.39, 0.29) is 0 Å². The molecule has 0 amide bonds. The fourth-order valence-electron chi connectivity index (χ4n) is 2.42. The van der Waals surface area contributed by atoms with Crippen LogP contribution in [0.4, 0.5) is 0 Å². The number of hydrogen-bond acceptors (Lipinski definition) is 0. The van der Waals surface area contributed by atoms with E-state index in [0.717, 1.165) is 11.8 Å². The van der Waals surface area contributed by atoms with Gasteiger partial charge in [0.25, 0.3) is 0 Å². The zero-order valence-electron chi connectivity index (χ0n) is 6.22. The van der Waals surface area contributed by atoms with Gasteiger partial charge in [0.05, 0.1) is 0 Å². The second kappa shape index (κ2) is 1.42. The molecule has 9 heavy (non-hydrogen) atoms. The third kappa shape index (κ3) is 0.452. The molecule has 3 aliphatic rings. The molecule has 3 atom stereocenters. The first kappa shape index (κ1) is 5.52. The van der Waals surface area contributed by atoms with Gasteiger partial charge in [0.1, 0.15) is 0 Å². The molecule has 1 fully saturated rings. The Hall–Kier alpha value is -0.260. The van der Waals surface area contributed by atoms with Gasteiger partial charge in [0.2, 0.25) is 0 Å². The molecule has 0 N–H and O–H groups in total. The van der Waals surface area contributed by atoms with Gasteiger partial charge in [0, 0.05) is 0 Å². The summed E-state index contributed by atoms with van der Waals surface area (Å²) in [5.74, 6) is 1.91. The van der Waals surface area contributed by atoms with Gasteiger partial charge in [0.15, 0.2) is 0 Å². The summed E-state index contributed by atoms with van der Waals surface area (Å²) in [5.41, 5.74) is 0.657. The van der Waals surface area contributed by atoms with Crippen LogP contribution >= 0.6 is 0 Å². The average Bonchev–Trinajstić information content (AvgIpc) is 2.41. The highest BCUT2D eigenvalue weighted by Crippen LogP contribution is 2.59. The number of allylic oxidation sites excluding steroid dienone is 2. The first-order chi connectivity index (χ1) is 4.28. The van der Waals surface area contributed by atoms with E-state index in [0.29, 0.717) is 5.41 Å². The van der Waals surface area contributed by atoms with Crippen molar-refractivity contribution < 1.29 is 0 Å². The highest BCUT2D eigenvalue weighted by molar-refractivity contribution is 5.23. The molecule has 0 aromatic heterocycles. The third-order valence-corrected chi connectivity index (χ3v) is 3.50. The van der Waals surface area contributed by atoms with E-state index >= 15 is 0 Å². The Morgan fingerprint density at radius 2 is 2.44 bits per heavy atom. The van der Waals surface area contributed by atoms with Crippen LogP contribution in [0.25, 0.3) is 0 Å². The van der Waals surface area contributed by atoms with Crippen LogP contribution in [0, 0.1) is 17.3 Å². The minimum atomic E-state index is 0.657. The van der Waals surface area contributed by atoms with Gasteiger partial charge < -0.3 is 0 Å². The molecule has 3 aliphatic carbocycles. The topological polar surface area (TPSA) is 0 Å². The van der Waals surface area contributed by atoms with E-state index in [2.05, 4.69) is 26.0 Å². The lowest BCUT2D eigenvalue weighted by molar-refractivity contribution is 0.0683. The summed E-state index contributed by atoms with van der Waals surface area (Å²) in [7, 11) is 0. The molecular formula is C9H14. The molecule has 1 saturated carbocycles. The summed E-state index contributed by atoms with van der Waals surface area (Å²) < 4.78 is 0. The molecule has 2 bridgehead atoms. The largest absolute Gasteiger partial charge is 0.0845 e. The van der Waals surface area contributed by atoms with Gasteiger partial charge in [-0.3, -0.25) is 0 Å². The minimum Gasteiger partial charge on any atom is -0.0845 e. The summed E-state index contributed by atoms with van der Waals surface area (Å²) in [4.78, 5) is 0. The van der Waals surface area contributed by atoms with Crippen molar-refractivity contribution in [2.45, 2.75) is 26.7 Å². The molecule has 3 rings (SSSR count). The summed E-state index contributed by atoms with van der Waals surface area (Å²) in [6.45, 7) is 4.69. The quantitative estimate of drug-likeness (QED) is 0.469. The van der Waals surface area contributed by atoms with E-state index in [4.69, 9.17) is 0 Å². The molecule has 0 heteroatoms. The molecule has 50 valence electrons. The standard InChI is InChI=1S/C9H14/c1-3-9-5-4-8(6-9)7(9)2/h4-5,7-8H,3,6H2,1-2H3. The maximum Gasteiger partial charge on any atom is -0.00838 e. The number of rotatable bonds is 1. The van der Waals surface area contributed by atoms with E-state index in [1.807, 2.05) is 0 Å². The predicted molar refractivity (Wildman–Crippen MR) is 39.1 cm³/mol. The molecule has 0 radical (unpaired) electrons. The van der Waals surface area contributed by atoms with Gasteiger partial charge in [-0.1, -0.05) is 26.0 Å². The highest BCUT2D eigenvalue weighted by Gasteiger charge is 2.51. The van der Waals surface area contributed by atoms with E-state index < -0.39 is 0 Å². The monoisotopic (exact) mass is 122 g/mol. The fraction of sp³-hybridized carbons (Fsp3) is 0.778. The van der Waals surface area contributed by atoms with Crippen molar-refractivity contribution in [3.05, 3.63) is 12.2 Å². The van der Waals surface area contributed by atoms with Crippen LogP contribution in [0.5, 0.6) is 0 Å². The van der Waals surface area contributed by atoms with Crippen LogP contribution in [0.1, 0.15) is 26.7 Å². The van der Waals surface area contributed by atoms with Crippen molar-refractivity contribution in [3.63, 3.8) is 0 Å². The van der Waals surface area contributed by atoms with Crippen LogP contribution in [0.3, 0.4) is 0 Å². The molecule has 0 aromatic rings. The van der Waals surface area contributed by atoms with Crippen molar-refractivity contribution in [1.29, 1.82) is 0 Å². The lowest BCUT2D eigenvalue weighted by atomic mass is 9.59. The third-order valence-electron chi connectivity index (χ3n) is 3.50. The maximum absolute atomic E-state index is 2.45. The van der Waals surface area contributed by atoms with Crippen molar-refractivity contribution in [1.82, 2.24) is 0 Å². The summed E-state index contributed by atoms with van der Waals surface area (Å²) in [5, 5.41) is 0. The van der Waals surface area contributed by atoms with Crippen LogP contribution in [-0.2, 0) is 0 Å². The molecule has 0 saturated heterocycles. The van der Waals surface area contributed by atoms with Crippen molar-refractivity contribution in [3.8, 4) is 0 Å². The summed E-state index contributed by atoms with van der Waals surface area (Å²) in [6, 6.07) is 0. The van der Waals surface area contributed by atoms with Crippen molar-refractivity contribution in [2.24, 2.45) is 17.3 Å². The zero-order valence-corrected chi connectivity index (χ0v) is 6.22. The van der Waals surface area contributed by atoms with Gasteiger partial charge in [-0.15, -0.1) is 0 Å². The first-order valence-corrected chi connectivity index (χ1v) is 3.98.